The van der Waals surface area contributed by atoms with Gasteiger partial charge < -0.3 is 4.74 Å². The molecule has 0 saturated heterocycles. The molecule has 0 bridgehead atoms. The highest BCUT2D eigenvalue weighted by molar-refractivity contribution is 9.10. The summed E-state index contributed by atoms with van der Waals surface area (Å²) in [4.78, 5) is 0. The Morgan fingerprint density at radius 1 is 1.45 bits per heavy atom. The molecule has 0 amide bonds. The van der Waals surface area contributed by atoms with Crippen molar-refractivity contribution in [3.8, 4) is 5.75 Å². The Morgan fingerprint density at radius 2 is 2.27 bits per heavy atom. The topological polar surface area (TPSA) is 9.23 Å². The summed E-state index contributed by atoms with van der Waals surface area (Å²) >= 11 is 9.23. The molecule has 1 heterocycles. The number of benzene rings is 1. The number of hydrogen-bond donors (Lipinski definition) is 0. The van der Waals surface area contributed by atoms with E-state index in [0.717, 1.165) is 23.2 Å². The molecular formula is C8H6BrClO. The lowest BCUT2D eigenvalue weighted by molar-refractivity contribution is 0.357. The Hall–Kier alpha value is -0.210. The fourth-order valence-corrected chi connectivity index (χ4v) is 1.71. The van der Waals surface area contributed by atoms with Crippen LogP contribution in [0.25, 0.3) is 0 Å². The highest BCUT2D eigenvalue weighted by Crippen LogP contribution is 2.33. The van der Waals surface area contributed by atoms with Gasteiger partial charge in [0.05, 0.1) is 11.6 Å². The molecule has 0 N–H and O–H groups in total. The lowest BCUT2D eigenvalue weighted by atomic mass is 10.2. The molecule has 11 heavy (non-hydrogen) atoms. The van der Waals surface area contributed by atoms with Gasteiger partial charge in [0.2, 0.25) is 0 Å². The van der Waals surface area contributed by atoms with Gasteiger partial charge in [0.25, 0.3) is 0 Å². The SMILES string of the molecule is Clc1cc2c(cc1Br)CCO2. The van der Waals surface area contributed by atoms with Crippen molar-refractivity contribution in [2.24, 2.45) is 0 Å². The van der Waals surface area contributed by atoms with Crippen LogP contribution in [0.2, 0.25) is 5.02 Å². The van der Waals surface area contributed by atoms with E-state index in [2.05, 4.69) is 15.9 Å². The molecular weight excluding hydrogens is 227 g/mol. The summed E-state index contributed by atoms with van der Waals surface area (Å²) < 4.78 is 6.28. The van der Waals surface area contributed by atoms with Crippen molar-refractivity contribution >= 4 is 27.5 Å². The summed E-state index contributed by atoms with van der Waals surface area (Å²) in [6.45, 7) is 0.780. The van der Waals surface area contributed by atoms with Crippen molar-refractivity contribution < 1.29 is 4.74 Å². The monoisotopic (exact) mass is 232 g/mol. The van der Waals surface area contributed by atoms with Gasteiger partial charge in [0, 0.05) is 17.0 Å². The number of halogens is 2. The minimum absolute atomic E-state index is 0.714. The molecule has 0 spiro atoms. The molecule has 1 aliphatic rings. The van der Waals surface area contributed by atoms with Crippen LogP contribution >= 0.6 is 27.5 Å². The van der Waals surface area contributed by atoms with Gasteiger partial charge in [-0.25, -0.2) is 0 Å². The first-order valence-corrected chi connectivity index (χ1v) is 4.55. The van der Waals surface area contributed by atoms with Gasteiger partial charge in [-0.15, -0.1) is 0 Å². The average Bonchev–Trinajstić information content (AvgIpc) is 2.36. The Morgan fingerprint density at radius 3 is 3.09 bits per heavy atom. The molecule has 0 fully saturated rings. The van der Waals surface area contributed by atoms with Crippen molar-refractivity contribution in [3.05, 3.63) is 27.2 Å². The standard InChI is InChI=1S/C8H6BrClO/c9-6-3-5-1-2-11-8(5)4-7(6)10/h3-4H,1-2H2. The molecule has 0 atom stereocenters. The molecule has 3 heteroatoms. The van der Waals surface area contributed by atoms with Crippen molar-refractivity contribution in [3.63, 3.8) is 0 Å². The van der Waals surface area contributed by atoms with E-state index in [9.17, 15) is 0 Å². The quantitative estimate of drug-likeness (QED) is 0.669. The normalized spacial score (nSPS) is 14.4. The van der Waals surface area contributed by atoms with Gasteiger partial charge in [-0.1, -0.05) is 11.6 Å². The lowest BCUT2D eigenvalue weighted by Crippen LogP contribution is -1.85. The van der Waals surface area contributed by atoms with Crippen molar-refractivity contribution in [1.82, 2.24) is 0 Å². The van der Waals surface area contributed by atoms with E-state index < -0.39 is 0 Å². The summed E-state index contributed by atoms with van der Waals surface area (Å²) in [5, 5.41) is 0.714. The molecule has 1 aromatic rings. The first kappa shape index (κ1) is 7.44. The van der Waals surface area contributed by atoms with Crippen LogP contribution < -0.4 is 4.74 Å². The van der Waals surface area contributed by atoms with Crippen LogP contribution in [0.1, 0.15) is 5.56 Å². The zero-order valence-corrected chi connectivity index (χ0v) is 8.08. The van der Waals surface area contributed by atoms with Gasteiger partial charge in [-0.3, -0.25) is 0 Å². The van der Waals surface area contributed by atoms with Gasteiger partial charge in [-0.2, -0.15) is 0 Å². The third kappa shape index (κ3) is 1.25. The summed E-state index contributed by atoms with van der Waals surface area (Å²) in [6, 6.07) is 3.87. The highest BCUT2D eigenvalue weighted by atomic mass is 79.9. The molecule has 0 aromatic heterocycles. The summed E-state index contributed by atoms with van der Waals surface area (Å²) in [7, 11) is 0. The molecule has 0 aliphatic carbocycles. The number of rotatable bonds is 0. The van der Waals surface area contributed by atoms with Crippen molar-refractivity contribution in [1.29, 1.82) is 0 Å². The molecule has 2 rings (SSSR count). The van der Waals surface area contributed by atoms with E-state index >= 15 is 0 Å². The van der Waals surface area contributed by atoms with Crippen LogP contribution in [0.3, 0.4) is 0 Å². The molecule has 58 valence electrons. The fourth-order valence-electron chi connectivity index (χ4n) is 1.17. The molecule has 1 nitrogen and oxygen atoms in total. The second-order valence-corrected chi connectivity index (χ2v) is 3.73. The third-order valence-corrected chi connectivity index (χ3v) is 2.93. The second-order valence-electron chi connectivity index (χ2n) is 2.47. The summed E-state index contributed by atoms with van der Waals surface area (Å²) in [6.07, 6.45) is 0.991. The summed E-state index contributed by atoms with van der Waals surface area (Å²) in [5.74, 6) is 0.929. The maximum Gasteiger partial charge on any atom is 0.124 e. The van der Waals surface area contributed by atoms with Crippen LogP contribution in [0.15, 0.2) is 16.6 Å². The molecule has 1 aliphatic heterocycles. The fraction of sp³-hybridized carbons (Fsp3) is 0.250. The van der Waals surface area contributed by atoms with Gasteiger partial charge in [-0.05, 0) is 27.6 Å². The lowest BCUT2D eigenvalue weighted by Gasteiger charge is -2.00. The van der Waals surface area contributed by atoms with Crippen LogP contribution in [0.4, 0.5) is 0 Å². The number of ether oxygens (including phenoxy) is 1. The predicted octanol–water partition coefficient (Wildman–Crippen LogP) is 3.04. The maximum absolute atomic E-state index is 5.87. The first-order chi connectivity index (χ1) is 5.27. The van der Waals surface area contributed by atoms with Gasteiger partial charge in [0.15, 0.2) is 0 Å². The van der Waals surface area contributed by atoms with Crippen molar-refractivity contribution in [2.45, 2.75) is 6.42 Å². The highest BCUT2D eigenvalue weighted by Gasteiger charge is 2.13. The van der Waals surface area contributed by atoms with Crippen LogP contribution in [-0.2, 0) is 6.42 Å². The summed E-state index contributed by atoms with van der Waals surface area (Å²) in [5.41, 5.74) is 1.24. The Labute approximate surface area is 78.4 Å². The average molecular weight is 233 g/mol. The smallest absolute Gasteiger partial charge is 0.124 e. The van der Waals surface area contributed by atoms with E-state index in [1.165, 1.54) is 5.56 Å². The van der Waals surface area contributed by atoms with E-state index in [1.54, 1.807) is 0 Å². The molecule has 0 saturated carbocycles. The largest absolute Gasteiger partial charge is 0.493 e. The molecule has 0 radical (unpaired) electrons. The number of hydrogen-bond acceptors (Lipinski definition) is 1. The minimum Gasteiger partial charge on any atom is -0.493 e. The van der Waals surface area contributed by atoms with Crippen molar-refractivity contribution in [2.75, 3.05) is 6.61 Å². The van der Waals surface area contributed by atoms with E-state index in [-0.39, 0.29) is 0 Å². The Balaban J connectivity index is 2.57. The van der Waals surface area contributed by atoms with Crippen LogP contribution in [0, 0.1) is 0 Å². The minimum atomic E-state index is 0.714. The molecule has 1 aromatic carbocycles. The van der Waals surface area contributed by atoms with Gasteiger partial charge in [0.1, 0.15) is 5.75 Å². The van der Waals surface area contributed by atoms with Gasteiger partial charge >= 0.3 is 0 Å². The third-order valence-electron chi connectivity index (χ3n) is 1.73. The number of fused-ring (bicyclic) bond motifs is 1. The molecule has 0 unspecified atom stereocenters. The Kier molecular flexibility index (Phi) is 1.81. The van der Waals surface area contributed by atoms with Crippen LogP contribution in [-0.4, -0.2) is 6.61 Å². The van der Waals surface area contributed by atoms with Crippen LogP contribution in [0.5, 0.6) is 5.75 Å². The van der Waals surface area contributed by atoms with E-state index in [1.807, 2.05) is 12.1 Å². The Bertz CT molecular complexity index is 269. The maximum atomic E-state index is 5.87. The first-order valence-electron chi connectivity index (χ1n) is 3.38. The van der Waals surface area contributed by atoms with E-state index in [0.29, 0.717) is 5.02 Å². The predicted molar refractivity (Wildman–Crippen MR) is 48.4 cm³/mol. The second kappa shape index (κ2) is 2.68. The van der Waals surface area contributed by atoms with E-state index in [4.69, 9.17) is 16.3 Å². The zero-order valence-electron chi connectivity index (χ0n) is 5.73. The zero-order chi connectivity index (χ0) is 7.84.